The van der Waals surface area contributed by atoms with Crippen molar-refractivity contribution >= 4 is 23.5 Å². The molecule has 2 unspecified atom stereocenters. The number of carbonyl (C=O) groups excluding carboxylic acids is 1. The number of halogens is 3. The zero-order chi connectivity index (χ0) is 15.7. The van der Waals surface area contributed by atoms with Crippen molar-refractivity contribution in [2.24, 2.45) is 5.92 Å². The van der Waals surface area contributed by atoms with Crippen molar-refractivity contribution in [3.63, 3.8) is 0 Å². The number of piperidine rings is 1. The van der Waals surface area contributed by atoms with E-state index in [9.17, 15) is 23.5 Å². The molecule has 0 radical (unpaired) electrons. The SMILES string of the molecule is CC1CCN(C(=O)c2cc(F)c(Cl)cc2F)C(C(=O)O)C1. The Kier molecular flexibility index (Phi) is 4.46. The molecule has 1 amide bonds. The Morgan fingerprint density at radius 3 is 2.62 bits per heavy atom. The Balaban J connectivity index is 2.34. The Bertz CT molecular complexity index is 594. The van der Waals surface area contributed by atoms with Crippen LogP contribution in [0, 0.1) is 17.6 Å². The van der Waals surface area contributed by atoms with Gasteiger partial charge in [-0.3, -0.25) is 4.79 Å². The summed E-state index contributed by atoms with van der Waals surface area (Å²) in [5.41, 5.74) is -0.502. The van der Waals surface area contributed by atoms with Crippen molar-refractivity contribution < 1.29 is 23.5 Å². The number of amides is 1. The van der Waals surface area contributed by atoms with Gasteiger partial charge in [0.05, 0.1) is 10.6 Å². The molecule has 1 heterocycles. The van der Waals surface area contributed by atoms with Crippen molar-refractivity contribution in [2.75, 3.05) is 6.54 Å². The Morgan fingerprint density at radius 2 is 2.00 bits per heavy atom. The van der Waals surface area contributed by atoms with E-state index in [0.717, 1.165) is 4.90 Å². The van der Waals surface area contributed by atoms with Crippen LogP contribution in [0.4, 0.5) is 8.78 Å². The third-order valence-electron chi connectivity index (χ3n) is 3.65. The molecule has 21 heavy (non-hydrogen) atoms. The van der Waals surface area contributed by atoms with Crippen LogP contribution in [0.15, 0.2) is 12.1 Å². The number of benzene rings is 1. The zero-order valence-electron chi connectivity index (χ0n) is 11.3. The van der Waals surface area contributed by atoms with Crippen LogP contribution in [0.2, 0.25) is 5.02 Å². The summed E-state index contributed by atoms with van der Waals surface area (Å²) in [5, 5.41) is 8.78. The predicted octanol–water partition coefficient (Wildman–Crippen LogP) is 2.94. The second-order valence-corrected chi connectivity index (χ2v) is 5.64. The highest BCUT2D eigenvalue weighted by atomic mass is 35.5. The number of rotatable bonds is 2. The van der Waals surface area contributed by atoms with E-state index in [0.29, 0.717) is 25.0 Å². The minimum absolute atomic E-state index is 0.155. The van der Waals surface area contributed by atoms with Crippen molar-refractivity contribution in [3.8, 4) is 0 Å². The van der Waals surface area contributed by atoms with Crippen LogP contribution < -0.4 is 0 Å². The van der Waals surface area contributed by atoms with E-state index in [1.165, 1.54) is 0 Å². The van der Waals surface area contributed by atoms with E-state index in [-0.39, 0.29) is 12.5 Å². The van der Waals surface area contributed by atoms with Gasteiger partial charge in [0.15, 0.2) is 0 Å². The van der Waals surface area contributed by atoms with Gasteiger partial charge in [-0.1, -0.05) is 18.5 Å². The first-order valence-corrected chi connectivity index (χ1v) is 6.87. The third kappa shape index (κ3) is 3.15. The van der Waals surface area contributed by atoms with Crippen LogP contribution >= 0.6 is 11.6 Å². The second-order valence-electron chi connectivity index (χ2n) is 5.23. The fourth-order valence-electron chi connectivity index (χ4n) is 2.46. The van der Waals surface area contributed by atoms with E-state index in [2.05, 4.69) is 0 Å². The van der Waals surface area contributed by atoms with Gasteiger partial charge in [-0.2, -0.15) is 0 Å². The molecule has 1 aromatic rings. The van der Waals surface area contributed by atoms with Gasteiger partial charge in [0.1, 0.15) is 17.7 Å². The van der Waals surface area contributed by atoms with Gasteiger partial charge >= 0.3 is 5.97 Å². The lowest BCUT2D eigenvalue weighted by Crippen LogP contribution is -2.50. The first-order chi connectivity index (χ1) is 9.81. The molecule has 4 nitrogen and oxygen atoms in total. The van der Waals surface area contributed by atoms with Crippen molar-refractivity contribution in [1.82, 2.24) is 4.90 Å². The number of nitrogens with zero attached hydrogens (tertiary/aromatic N) is 1. The molecule has 7 heteroatoms. The van der Waals surface area contributed by atoms with Gasteiger partial charge < -0.3 is 10.0 Å². The fourth-order valence-corrected chi connectivity index (χ4v) is 2.61. The molecule has 1 saturated heterocycles. The van der Waals surface area contributed by atoms with E-state index in [1.807, 2.05) is 6.92 Å². The summed E-state index contributed by atoms with van der Waals surface area (Å²) in [6, 6.07) is 0.392. The second kappa shape index (κ2) is 5.97. The molecular weight excluding hydrogens is 304 g/mol. The minimum atomic E-state index is -1.15. The predicted molar refractivity (Wildman–Crippen MR) is 72.2 cm³/mol. The smallest absolute Gasteiger partial charge is 0.326 e. The maximum Gasteiger partial charge on any atom is 0.326 e. The van der Waals surface area contributed by atoms with Gasteiger partial charge in [0, 0.05) is 6.54 Å². The highest BCUT2D eigenvalue weighted by Crippen LogP contribution is 2.26. The van der Waals surface area contributed by atoms with Crippen molar-refractivity contribution in [1.29, 1.82) is 0 Å². The van der Waals surface area contributed by atoms with E-state index < -0.39 is 40.1 Å². The lowest BCUT2D eigenvalue weighted by atomic mass is 9.92. The van der Waals surface area contributed by atoms with Crippen molar-refractivity contribution in [2.45, 2.75) is 25.8 Å². The summed E-state index contributed by atoms with van der Waals surface area (Å²) in [6.45, 7) is 2.08. The zero-order valence-corrected chi connectivity index (χ0v) is 12.0. The molecule has 1 aliphatic heterocycles. The molecular formula is C14H14ClF2NO3. The molecule has 1 aromatic carbocycles. The van der Waals surface area contributed by atoms with Crippen LogP contribution in [-0.4, -0.2) is 34.5 Å². The molecule has 0 spiro atoms. The van der Waals surface area contributed by atoms with Crippen LogP contribution in [0.25, 0.3) is 0 Å². The van der Waals surface area contributed by atoms with Crippen molar-refractivity contribution in [3.05, 3.63) is 34.4 Å². The summed E-state index contributed by atoms with van der Waals surface area (Å²) in [5.74, 6) is -3.71. The van der Waals surface area contributed by atoms with E-state index in [4.69, 9.17) is 11.6 Å². The number of carbonyl (C=O) groups is 2. The summed E-state index contributed by atoms with van der Waals surface area (Å²) in [7, 11) is 0. The van der Waals surface area contributed by atoms with Gasteiger partial charge in [0.25, 0.3) is 5.91 Å². The van der Waals surface area contributed by atoms with Crippen LogP contribution in [0.1, 0.15) is 30.1 Å². The maximum absolute atomic E-state index is 13.8. The molecule has 0 bridgehead atoms. The Labute approximate surface area is 125 Å². The number of carboxylic acid groups (broad SMARTS) is 1. The molecule has 2 atom stereocenters. The summed E-state index contributed by atoms with van der Waals surface area (Å²) in [4.78, 5) is 24.7. The molecule has 1 N–H and O–H groups in total. The number of hydrogen-bond donors (Lipinski definition) is 1. The van der Waals surface area contributed by atoms with E-state index in [1.54, 1.807) is 0 Å². The first kappa shape index (κ1) is 15.7. The Hall–Kier alpha value is -1.69. The van der Waals surface area contributed by atoms with Gasteiger partial charge in [-0.25, -0.2) is 13.6 Å². The quantitative estimate of drug-likeness (QED) is 0.853. The molecule has 1 fully saturated rings. The average molecular weight is 318 g/mol. The highest BCUT2D eigenvalue weighted by molar-refractivity contribution is 6.30. The van der Waals surface area contributed by atoms with E-state index >= 15 is 0 Å². The maximum atomic E-state index is 13.8. The van der Waals surface area contributed by atoms with Gasteiger partial charge in [0.2, 0.25) is 0 Å². The Morgan fingerprint density at radius 1 is 1.33 bits per heavy atom. The molecule has 0 saturated carbocycles. The van der Waals surface area contributed by atoms with Crippen LogP contribution in [0.5, 0.6) is 0 Å². The summed E-state index contributed by atoms with van der Waals surface area (Å²) in [6.07, 6.45) is 0.909. The summed E-state index contributed by atoms with van der Waals surface area (Å²) < 4.78 is 27.2. The molecule has 114 valence electrons. The normalized spacial score (nSPS) is 22.2. The highest BCUT2D eigenvalue weighted by Gasteiger charge is 2.36. The van der Waals surface area contributed by atoms with Crippen LogP contribution in [-0.2, 0) is 4.79 Å². The van der Waals surface area contributed by atoms with Crippen LogP contribution in [0.3, 0.4) is 0 Å². The molecule has 0 aliphatic carbocycles. The monoisotopic (exact) mass is 317 g/mol. The topological polar surface area (TPSA) is 57.6 Å². The number of aliphatic carboxylic acids is 1. The average Bonchev–Trinajstić information content (AvgIpc) is 2.42. The lowest BCUT2D eigenvalue weighted by molar-refractivity contribution is -0.144. The number of carboxylic acids is 1. The molecule has 0 aromatic heterocycles. The number of likely N-dealkylation sites (tertiary alicyclic amines) is 1. The van der Waals surface area contributed by atoms with Gasteiger partial charge in [-0.15, -0.1) is 0 Å². The molecule has 1 aliphatic rings. The first-order valence-electron chi connectivity index (χ1n) is 6.49. The number of hydrogen-bond acceptors (Lipinski definition) is 2. The van der Waals surface area contributed by atoms with Gasteiger partial charge in [-0.05, 0) is 30.9 Å². The minimum Gasteiger partial charge on any atom is -0.480 e. The largest absolute Gasteiger partial charge is 0.480 e. The lowest BCUT2D eigenvalue weighted by Gasteiger charge is -2.36. The fraction of sp³-hybridized carbons (Fsp3) is 0.429. The standard InChI is InChI=1S/C14H14ClF2NO3/c1-7-2-3-18(12(4-7)14(20)21)13(19)8-5-11(17)9(15)6-10(8)16/h5-7,12H,2-4H2,1H3,(H,20,21). The third-order valence-corrected chi connectivity index (χ3v) is 3.94. The summed E-state index contributed by atoms with van der Waals surface area (Å²) >= 11 is 5.44. The molecule has 2 rings (SSSR count).